The van der Waals surface area contributed by atoms with Gasteiger partial charge in [0.15, 0.2) is 20.5 Å². The maximum absolute atomic E-state index is 12.2. The van der Waals surface area contributed by atoms with Crippen molar-refractivity contribution in [3.8, 4) is 22.5 Å². The Morgan fingerprint density at radius 2 is 1.92 bits per heavy atom. The number of nitrogens with zero attached hydrogens (tertiary/aromatic N) is 6. The first-order chi connectivity index (χ1) is 11.9. The summed E-state index contributed by atoms with van der Waals surface area (Å²) >= 11 is 0. The van der Waals surface area contributed by atoms with Gasteiger partial charge < -0.3 is 0 Å². The van der Waals surface area contributed by atoms with Crippen molar-refractivity contribution in [3.05, 3.63) is 49.3 Å². The van der Waals surface area contributed by atoms with E-state index in [1.165, 1.54) is 0 Å². The Balaban J connectivity index is 2.06. The van der Waals surface area contributed by atoms with Crippen LogP contribution in [-0.4, -0.2) is 43.8 Å². The van der Waals surface area contributed by atoms with Gasteiger partial charge in [-0.2, -0.15) is 5.10 Å². The summed E-state index contributed by atoms with van der Waals surface area (Å²) < 4.78 is 27.9. The smallest absolute Gasteiger partial charge is 0.199 e. The van der Waals surface area contributed by atoms with Crippen LogP contribution in [0.25, 0.3) is 28.2 Å². The molecule has 0 N–H and O–H groups in total. The maximum Gasteiger partial charge on any atom is 0.199 e. The Kier molecular flexibility index (Phi) is 3.39. The lowest BCUT2D eigenvalue weighted by molar-refractivity contribution is 0.598. The Morgan fingerprint density at radius 3 is 2.56 bits per heavy atom. The molecule has 0 saturated carbocycles. The summed E-state index contributed by atoms with van der Waals surface area (Å²) in [4.78, 5) is 12.7. The summed E-state index contributed by atoms with van der Waals surface area (Å²) in [5.41, 5.74) is 3.08. The van der Waals surface area contributed by atoms with E-state index in [2.05, 4.69) is 20.1 Å². The van der Waals surface area contributed by atoms with Gasteiger partial charge in [-0.3, -0.25) is 14.1 Å². The lowest BCUT2D eigenvalue weighted by Crippen LogP contribution is -2.06. The second-order valence-electron chi connectivity index (χ2n) is 5.68. The number of imidazole rings is 1. The van der Waals surface area contributed by atoms with Gasteiger partial charge in [-0.15, -0.1) is 0 Å². The molecule has 0 radical (unpaired) electrons. The molecule has 126 valence electrons. The van der Waals surface area contributed by atoms with Gasteiger partial charge in [0.25, 0.3) is 0 Å². The normalized spacial score (nSPS) is 11.9. The molecule has 8 nitrogen and oxygen atoms in total. The van der Waals surface area contributed by atoms with Crippen LogP contribution in [-0.2, 0) is 16.9 Å². The van der Waals surface area contributed by atoms with E-state index >= 15 is 0 Å². The molecule has 0 amide bonds. The second kappa shape index (κ2) is 5.49. The quantitative estimate of drug-likeness (QED) is 0.554. The number of rotatable bonds is 3. The predicted molar refractivity (Wildman–Crippen MR) is 91.5 cm³/mol. The lowest BCUT2D eigenvalue weighted by atomic mass is 10.2. The van der Waals surface area contributed by atoms with E-state index in [1.54, 1.807) is 46.1 Å². The average Bonchev–Trinajstić information content (AvgIpc) is 3.19. The third kappa shape index (κ3) is 2.68. The van der Waals surface area contributed by atoms with Gasteiger partial charge in [0, 0.05) is 49.2 Å². The SMILES string of the molecule is Cn1cc(-c2cnc3c(S(C)(=O)=O)nc(-c4cccnc4)cn23)cn1. The van der Waals surface area contributed by atoms with Crippen LogP contribution in [0.1, 0.15) is 0 Å². The number of hydrogen-bond donors (Lipinski definition) is 0. The summed E-state index contributed by atoms with van der Waals surface area (Å²) in [5.74, 6) is 0. The molecule has 9 heteroatoms. The fourth-order valence-corrected chi connectivity index (χ4v) is 3.38. The molecule has 4 heterocycles. The molecule has 0 unspecified atom stereocenters. The van der Waals surface area contributed by atoms with Crippen molar-refractivity contribution in [1.82, 2.24) is 29.1 Å². The van der Waals surface area contributed by atoms with Gasteiger partial charge in [-0.1, -0.05) is 0 Å². The molecular formula is C16H14N6O2S. The van der Waals surface area contributed by atoms with Crippen LogP contribution in [0.15, 0.2) is 54.3 Å². The fourth-order valence-electron chi connectivity index (χ4n) is 2.63. The largest absolute Gasteiger partial charge is 0.295 e. The molecule has 0 aliphatic heterocycles. The molecule has 0 saturated heterocycles. The molecule has 0 aliphatic rings. The van der Waals surface area contributed by atoms with E-state index in [0.717, 1.165) is 23.1 Å². The molecule has 0 bridgehead atoms. The van der Waals surface area contributed by atoms with Crippen LogP contribution in [0.3, 0.4) is 0 Å². The van der Waals surface area contributed by atoms with Crippen molar-refractivity contribution in [3.63, 3.8) is 0 Å². The molecule has 0 spiro atoms. The summed E-state index contributed by atoms with van der Waals surface area (Å²) in [7, 11) is -1.74. The van der Waals surface area contributed by atoms with Crippen LogP contribution in [0.4, 0.5) is 0 Å². The monoisotopic (exact) mass is 354 g/mol. The summed E-state index contributed by atoms with van der Waals surface area (Å²) in [6, 6.07) is 3.60. The third-order valence-electron chi connectivity index (χ3n) is 3.77. The standard InChI is InChI=1S/C16H14N6O2S/c1-21-9-12(7-19-21)14-8-18-15-16(25(2,23)24)20-13(10-22(14)15)11-4-3-5-17-6-11/h3-10H,1-2H3. The lowest BCUT2D eigenvalue weighted by Gasteiger charge is -2.07. The Labute approximate surface area is 143 Å². The molecule has 4 aromatic heterocycles. The number of aromatic nitrogens is 6. The van der Waals surface area contributed by atoms with Crippen molar-refractivity contribution in [1.29, 1.82) is 0 Å². The molecule has 0 aromatic carbocycles. The van der Waals surface area contributed by atoms with Gasteiger partial charge in [-0.05, 0) is 12.1 Å². The van der Waals surface area contributed by atoms with Crippen LogP contribution in [0, 0.1) is 0 Å². The van der Waals surface area contributed by atoms with Crippen LogP contribution in [0.2, 0.25) is 0 Å². The zero-order valence-electron chi connectivity index (χ0n) is 13.5. The Morgan fingerprint density at radius 1 is 1.08 bits per heavy atom. The molecular weight excluding hydrogens is 340 g/mol. The first-order valence-corrected chi connectivity index (χ1v) is 9.30. The number of sulfone groups is 1. The zero-order chi connectivity index (χ0) is 17.6. The highest BCUT2D eigenvalue weighted by molar-refractivity contribution is 7.90. The summed E-state index contributed by atoms with van der Waals surface area (Å²) in [6.45, 7) is 0. The maximum atomic E-state index is 12.2. The van der Waals surface area contributed by atoms with Gasteiger partial charge in [0.2, 0.25) is 0 Å². The van der Waals surface area contributed by atoms with Gasteiger partial charge in [0.1, 0.15) is 0 Å². The fraction of sp³-hybridized carbons (Fsp3) is 0.125. The van der Waals surface area contributed by atoms with E-state index < -0.39 is 9.84 Å². The molecule has 0 fully saturated rings. The number of aryl methyl sites for hydroxylation is 1. The highest BCUT2D eigenvalue weighted by Gasteiger charge is 2.20. The van der Waals surface area contributed by atoms with E-state index in [4.69, 9.17) is 0 Å². The van der Waals surface area contributed by atoms with E-state index in [1.807, 2.05) is 19.3 Å². The van der Waals surface area contributed by atoms with Crippen molar-refractivity contribution in [2.24, 2.45) is 7.05 Å². The van der Waals surface area contributed by atoms with Crippen LogP contribution < -0.4 is 0 Å². The van der Waals surface area contributed by atoms with Crippen molar-refractivity contribution < 1.29 is 8.42 Å². The molecule has 4 aromatic rings. The topological polar surface area (TPSA) is 95.0 Å². The molecule has 0 aliphatic carbocycles. The minimum absolute atomic E-state index is 0.0657. The first kappa shape index (κ1) is 15.5. The Bertz CT molecular complexity index is 1180. The number of fused-ring (bicyclic) bond motifs is 1. The molecule has 25 heavy (non-hydrogen) atoms. The minimum atomic E-state index is -3.56. The van der Waals surface area contributed by atoms with Crippen molar-refractivity contribution in [2.45, 2.75) is 5.03 Å². The van der Waals surface area contributed by atoms with Gasteiger partial charge in [0.05, 0.1) is 23.8 Å². The van der Waals surface area contributed by atoms with Crippen molar-refractivity contribution >= 4 is 15.5 Å². The van der Waals surface area contributed by atoms with Crippen LogP contribution >= 0.6 is 0 Å². The first-order valence-electron chi connectivity index (χ1n) is 7.41. The van der Waals surface area contributed by atoms with Crippen molar-refractivity contribution in [2.75, 3.05) is 6.26 Å². The summed E-state index contributed by atoms with van der Waals surface area (Å²) in [5, 5.41) is 4.10. The van der Waals surface area contributed by atoms with Gasteiger partial charge in [-0.25, -0.2) is 18.4 Å². The Hall–Kier alpha value is -3.07. The molecule has 0 atom stereocenters. The van der Waals surface area contributed by atoms with Gasteiger partial charge >= 0.3 is 0 Å². The second-order valence-corrected chi connectivity index (χ2v) is 7.62. The highest BCUT2D eigenvalue weighted by atomic mass is 32.2. The number of pyridine rings is 1. The highest BCUT2D eigenvalue weighted by Crippen LogP contribution is 2.26. The summed E-state index contributed by atoms with van der Waals surface area (Å²) in [6.07, 6.45) is 11.3. The van der Waals surface area contributed by atoms with Crippen LogP contribution in [0.5, 0.6) is 0 Å². The van der Waals surface area contributed by atoms with E-state index in [9.17, 15) is 8.42 Å². The minimum Gasteiger partial charge on any atom is -0.295 e. The van der Waals surface area contributed by atoms with E-state index in [-0.39, 0.29) is 10.7 Å². The molecule has 4 rings (SSSR count). The van der Waals surface area contributed by atoms with E-state index in [0.29, 0.717) is 5.69 Å². The average molecular weight is 354 g/mol. The predicted octanol–water partition coefficient (Wildman–Crippen LogP) is 1.60. The number of hydrogen-bond acceptors (Lipinski definition) is 6. The third-order valence-corrected chi connectivity index (χ3v) is 4.75. The zero-order valence-corrected chi connectivity index (χ0v) is 14.3.